The number of nitrogens with zero attached hydrogens (tertiary/aromatic N) is 1. The molecule has 0 radical (unpaired) electrons. The molecule has 1 aromatic carbocycles. The lowest BCUT2D eigenvalue weighted by atomic mass is 10.1. The van der Waals surface area contributed by atoms with Gasteiger partial charge in [-0.05, 0) is 38.5 Å². The van der Waals surface area contributed by atoms with Crippen LogP contribution in [0.2, 0.25) is 0 Å². The largest absolute Gasteiger partial charge is 0.380 e. The van der Waals surface area contributed by atoms with Crippen molar-refractivity contribution in [2.75, 3.05) is 37.5 Å². The fourth-order valence-electron chi connectivity index (χ4n) is 1.80. The van der Waals surface area contributed by atoms with Crippen molar-refractivity contribution in [2.24, 2.45) is 0 Å². The zero-order valence-corrected chi connectivity index (χ0v) is 11.6. The van der Waals surface area contributed by atoms with E-state index in [1.807, 2.05) is 6.92 Å². The predicted octanol–water partition coefficient (Wildman–Crippen LogP) is 2.90. The van der Waals surface area contributed by atoms with E-state index in [0.29, 0.717) is 6.04 Å². The number of anilines is 2. The molecule has 0 amide bonds. The highest BCUT2D eigenvalue weighted by atomic mass is 16.5. The van der Waals surface area contributed by atoms with Gasteiger partial charge < -0.3 is 15.0 Å². The van der Waals surface area contributed by atoms with Gasteiger partial charge in [0.05, 0.1) is 6.61 Å². The molecular formula is C14H24N2O. The number of rotatable bonds is 6. The van der Waals surface area contributed by atoms with E-state index in [0.717, 1.165) is 18.9 Å². The summed E-state index contributed by atoms with van der Waals surface area (Å²) in [6, 6.07) is 6.76. The maximum atomic E-state index is 5.40. The molecule has 0 heterocycles. The summed E-state index contributed by atoms with van der Waals surface area (Å²) in [6.07, 6.45) is 0. The van der Waals surface area contributed by atoms with Crippen LogP contribution in [-0.2, 0) is 4.74 Å². The van der Waals surface area contributed by atoms with Crippen molar-refractivity contribution in [3.8, 4) is 0 Å². The molecule has 0 aliphatic rings. The highest BCUT2D eigenvalue weighted by Crippen LogP contribution is 2.22. The lowest BCUT2D eigenvalue weighted by Gasteiger charge is -2.20. The second-order valence-electron chi connectivity index (χ2n) is 4.60. The van der Waals surface area contributed by atoms with Crippen LogP contribution < -0.4 is 10.2 Å². The third-order valence-electron chi connectivity index (χ3n) is 2.68. The van der Waals surface area contributed by atoms with E-state index in [-0.39, 0.29) is 0 Å². The average molecular weight is 236 g/mol. The molecule has 1 N–H and O–H groups in total. The number of hydrogen-bond donors (Lipinski definition) is 1. The maximum absolute atomic E-state index is 5.40. The Labute approximate surface area is 105 Å². The Balaban J connectivity index is 2.68. The van der Waals surface area contributed by atoms with Gasteiger partial charge in [0.1, 0.15) is 0 Å². The van der Waals surface area contributed by atoms with Crippen LogP contribution >= 0.6 is 0 Å². The number of hydrogen-bond acceptors (Lipinski definition) is 3. The minimum atomic E-state index is 0.327. The lowest BCUT2D eigenvalue weighted by molar-refractivity contribution is 0.141. The first-order valence-corrected chi connectivity index (χ1v) is 6.16. The van der Waals surface area contributed by atoms with Gasteiger partial charge in [-0.15, -0.1) is 0 Å². The molecule has 0 bridgehead atoms. The summed E-state index contributed by atoms with van der Waals surface area (Å²) in [4.78, 5) is 2.13. The van der Waals surface area contributed by atoms with Gasteiger partial charge in [-0.1, -0.05) is 6.07 Å². The second-order valence-corrected chi connectivity index (χ2v) is 4.60. The van der Waals surface area contributed by atoms with E-state index < -0.39 is 0 Å². The van der Waals surface area contributed by atoms with Gasteiger partial charge in [0.2, 0.25) is 0 Å². The van der Waals surface area contributed by atoms with Gasteiger partial charge in [0.15, 0.2) is 0 Å². The minimum absolute atomic E-state index is 0.327. The highest BCUT2D eigenvalue weighted by Gasteiger charge is 2.05. The number of nitrogens with one attached hydrogen (secondary N) is 1. The molecule has 0 saturated heterocycles. The number of aryl methyl sites for hydroxylation is 1. The van der Waals surface area contributed by atoms with E-state index in [1.54, 1.807) is 0 Å². The van der Waals surface area contributed by atoms with E-state index in [9.17, 15) is 0 Å². The topological polar surface area (TPSA) is 24.5 Å². The van der Waals surface area contributed by atoms with E-state index >= 15 is 0 Å². The van der Waals surface area contributed by atoms with Crippen molar-refractivity contribution in [1.29, 1.82) is 0 Å². The smallest absolute Gasteiger partial charge is 0.0664 e. The van der Waals surface area contributed by atoms with Crippen molar-refractivity contribution in [2.45, 2.75) is 26.8 Å². The van der Waals surface area contributed by atoms with Crippen molar-refractivity contribution < 1.29 is 4.74 Å². The van der Waals surface area contributed by atoms with Gasteiger partial charge >= 0.3 is 0 Å². The Morgan fingerprint density at radius 1 is 1.35 bits per heavy atom. The minimum Gasteiger partial charge on any atom is -0.380 e. The summed E-state index contributed by atoms with van der Waals surface area (Å²) in [5.74, 6) is 0. The molecule has 1 unspecified atom stereocenters. The molecule has 0 fully saturated rings. The molecule has 1 aromatic rings. The van der Waals surface area contributed by atoms with Crippen LogP contribution in [-0.4, -0.2) is 33.4 Å². The number of ether oxygens (including phenoxy) is 1. The molecule has 96 valence electrons. The van der Waals surface area contributed by atoms with Crippen molar-refractivity contribution in [3.05, 3.63) is 23.8 Å². The van der Waals surface area contributed by atoms with Crippen molar-refractivity contribution in [3.63, 3.8) is 0 Å². The Kier molecular flexibility index (Phi) is 5.29. The van der Waals surface area contributed by atoms with Crippen LogP contribution in [0, 0.1) is 6.92 Å². The van der Waals surface area contributed by atoms with Gasteiger partial charge in [0.25, 0.3) is 0 Å². The molecule has 3 heteroatoms. The molecule has 0 spiro atoms. The summed E-state index contributed by atoms with van der Waals surface area (Å²) >= 11 is 0. The molecule has 3 nitrogen and oxygen atoms in total. The second kappa shape index (κ2) is 6.50. The van der Waals surface area contributed by atoms with Crippen LogP contribution in [0.3, 0.4) is 0 Å². The molecule has 0 aromatic heterocycles. The summed E-state index contributed by atoms with van der Waals surface area (Å²) in [7, 11) is 4.13. The van der Waals surface area contributed by atoms with Gasteiger partial charge in [-0.2, -0.15) is 0 Å². The van der Waals surface area contributed by atoms with Crippen LogP contribution in [0.1, 0.15) is 19.4 Å². The first kappa shape index (κ1) is 13.8. The Morgan fingerprint density at radius 3 is 2.65 bits per heavy atom. The fourth-order valence-corrected chi connectivity index (χ4v) is 1.80. The van der Waals surface area contributed by atoms with Crippen LogP contribution in [0.15, 0.2) is 18.2 Å². The fraction of sp³-hybridized carbons (Fsp3) is 0.571. The van der Waals surface area contributed by atoms with E-state index in [2.05, 4.69) is 56.4 Å². The first-order valence-electron chi connectivity index (χ1n) is 6.16. The lowest BCUT2D eigenvalue weighted by Crippen LogP contribution is -2.22. The third kappa shape index (κ3) is 4.27. The van der Waals surface area contributed by atoms with Gasteiger partial charge in [0, 0.05) is 38.1 Å². The highest BCUT2D eigenvalue weighted by molar-refractivity contribution is 5.62. The molecule has 0 aliphatic heterocycles. The SMILES string of the molecule is CCOCC(C)Nc1ccc(C)c(N(C)C)c1. The summed E-state index contributed by atoms with van der Waals surface area (Å²) in [5, 5.41) is 3.45. The molecule has 0 saturated carbocycles. The normalized spacial score (nSPS) is 12.3. The van der Waals surface area contributed by atoms with E-state index in [4.69, 9.17) is 4.74 Å². The monoisotopic (exact) mass is 236 g/mol. The summed E-state index contributed by atoms with van der Waals surface area (Å²) < 4.78 is 5.40. The van der Waals surface area contributed by atoms with Crippen LogP contribution in [0.4, 0.5) is 11.4 Å². The standard InChI is InChI=1S/C14H24N2O/c1-6-17-10-12(3)15-13-8-7-11(2)14(9-13)16(4)5/h7-9,12,15H,6,10H2,1-5H3. The molecule has 0 aliphatic carbocycles. The number of benzene rings is 1. The zero-order chi connectivity index (χ0) is 12.8. The quantitative estimate of drug-likeness (QED) is 0.822. The Hall–Kier alpha value is -1.22. The van der Waals surface area contributed by atoms with Crippen LogP contribution in [0.5, 0.6) is 0 Å². The molecule has 1 atom stereocenters. The third-order valence-corrected chi connectivity index (χ3v) is 2.68. The van der Waals surface area contributed by atoms with Crippen molar-refractivity contribution in [1.82, 2.24) is 0 Å². The molecule has 17 heavy (non-hydrogen) atoms. The van der Waals surface area contributed by atoms with E-state index in [1.165, 1.54) is 11.3 Å². The first-order chi connectivity index (χ1) is 8.04. The maximum Gasteiger partial charge on any atom is 0.0664 e. The average Bonchev–Trinajstić information content (AvgIpc) is 2.28. The summed E-state index contributed by atoms with van der Waals surface area (Å²) in [6.45, 7) is 7.78. The molecular weight excluding hydrogens is 212 g/mol. The summed E-state index contributed by atoms with van der Waals surface area (Å²) in [5.41, 5.74) is 3.68. The Bertz CT molecular complexity index is 350. The Morgan fingerprint density at radius 2 is 2.06 bits per heavy atom. The predicted molar refractivity (Wildman–Crippen MR) is 75.1 cm³/mol. The zero-order valence-electron chi connectivity index (χ0n) is 11.6. The van der Waals surface area contributed by atoms with Gasteiger partial charge in [-0.25, -0.2) is 0 Å². The van der Waals surface area contributed by atoms with Crippen LogP contribution in [0.25, 0.3) is 0 Å². The van der Waals surface area contributed by atoms with Gasteiger partial charge in [-0.3, -0.25) is 0 Å². The molecule has 1 rings (SSSR count). The van der Waals surface area contributed by atoms with Crippen molar-refractivity contribution >= 4 is 11.4 Å².